The lowest BCUT2D eigenvalue weighted by atomic mass is 9.83. The number of nitrogens with zero attached hydrogens (tertiary/aromatic N) is 1. The Morgan fingerprint density at radius 3 is 2.45 bits per heavy atom. The van der Waals surface area contributed by atoms with Crippen molar-refractivity contribution in [2.75, 3.05) is 14.1 Å². The Bertz CT molecular complexity index is 346. The molecular weight excluding hydrogens is 252 g/mol. The van der Waals surface area contributed by atoms with Crippen LogP contribution < -0.4 is 5.32 Å². The molecule has 1 fully saturated rings. The van der Waals surface area contributed by atoms with Gasteiger partial charge in [-0.25, -0.2) is 0 Å². The van der Waals surface area contributed by atoms with Crippen molar-refractivity contribution >= 4 is 5.91 Å². The van der Waals surface area contributed by atoms with E-state index >= 15 is 0 Å². The summed E-state index contributed by atoms with van der Waals surface area (Å²) in [6.45, 7) is 0. The van der Waals surface area contributed by atoms with Crippen molar-refractivity contribution in [3.8, 4) is 0 Å². The standard InChI is InChI=1S/C16H28N2O2/c1-18(2)13-9-7-12(8-10-13)11-16(20)17-14-5-3-4-6-15(14)19/h3-4,12-15,19H,5-11H2,1-2H3,(H,17,20)/t12?,13?,14?,15-/m1/s1. The first-order valence-corrected chi connectivity index (χ1v) is 7.85. The lowest BCUT2D eigenvalue weighted by Crippen LogP contribution is -2.44. The summed E-state index contributed by atoms with van der Waals surface area (Å²) in [6, 6.07) is 0.588. The zero-order valence-electron chi connectivity index (χ0n) is 12.7. The second-order valence-corrected chi connectivity index (χ2v) is 6.53. The van der Waals surface area contributed by atoms with Gasteiger partial charge in [-0.15, -0.1) is 0 Å². The number of carbonyl (C=O) groups excluding carboxylic acids is 1. The summed E-state index contributed by atoms with van der Waals surface area (Å²) < 4.78 is 0. The number of amides is 1. The maximum atomic E-state index is 12.1. The van der Waals surface area contributed by atoms with E-state index in [0.717, 1.165) is 19.3 Å². The van der Waals surface area contributed by atoms with Crippen LogP contribution in [0.4, 0.5) is 0 Å². The number of carbonyl (C=O) groups is 1. The first-order chi connectivity index (χ1) is 9.56. The average Bonchev–Trinajstić information content (AvgIpc) is 2.42. The maximum Gasteiger partial charge on any atom is 0.220 e. The minimum atomic E-state index is -0.423. The van der Waals surface area contributed by atoms with Gasteiger partial charge in [-0.1, -0.05) is 12.2 Å². The normalized spacial score (nSPS) is 34.2. The summed E-state index contributed by atoms with van der Waals surface area (Å²) in [7, 11) is 4.27. The predicted molar refractivity (Wildman–Crippen MR) is 80.4 cm³/mol. The third kappa shape index (κ3) is 4.32. The zero-order valence-corrected chi connectivity index (χ0v) is 12.7. The third-order valence-electron chi connectivity index (χ3n) is 4.77. The van der Waals surface area contributed by atoms with Crippen LogP contribution in [0.15, 0.2) is 12.2 Å². The molecule has 2 N–H and O–H groups in total. The van der Waals surface area contributed by atoms with Gasteiger partial charge < -0.3 is 15.3 Å². The molecular formula is C16H28N2O2. The molecule has 1 amide bonds. The lowest BCUT2D eigenvalue weighted by molar-refractivity contribution is -0.123. The minimum absolute atomic E-state index is 0.0920. The highest BCUT2D eigenvalue weighted by Crippen LogP contribution is 2.28. The molecule has 2 rings (SSSR count). The van der Waals surface area contributed by atoms with Crippen LogP contribution in [0.1, 0.15) is 44.9 Å². The first kappa shape index (κ1) is 15.5. The molecule has 1 saturated carbocycles. The summed E-state index contributed by atoms with van der Waals surface area (Å²) in [5, 5.41) is 12.8. The fourth-order valence-corrected chi connectivity index (χ4v) is 3.35. The van der Waals surface area contributed by atoms with Gasteiger partial charge in [0.2, 0.25) is 5.91 Å². The quantitative estimate of drug-likeness (QED) is 0.771. The monoisotopic (exact) mass is 280 g/mol. The summed E-state index contributed by atoms with van der Waals surface area (Å²) in [5.41, 5.74) is 0. The van der Waals surface area contributed by atoms with Crippen LogP contribution in [-0.4, -0.2) is 48.2 Å². The third-order valence-corrected chi connectivity index (χ3v) is 4.77. The van der Waals surface area contributed by atoms with E-state index in [9.17, 15) is 9.90 Å². The molecule has 4 heteroatoms. The van der Waals surface area contributed by atoms with E-state index in [2.05, 4.69) is 24.3 Å². The van der Waals surface area contributed by atoms with Gasteiger partial charge in [0, 0.05) is 12.5 Å². The van der Waals surface area contributed by atoms with Crippen molar-refractivity contribution in [3.63, 3.8) is 0 Å². The fourth-order valence-electron chi connectivity index (χ4n) is 3.35. The molecule has 2 aliphatic rings. The highest BCUT2D eigenvalue weighted by atomic mass is 16.3. The number of rotatable bonds is 4. The smallest absolute Gasteiger partial charge is 0.220 e. The molecule has 2 atom stereocenters. The van der Waals surface area contributed by atoms with Gasteiger partial charge in [0.1, 0.15) is 0 Å². The van der Waals surface area contributed by atoms with E-state index in [1.165, 1.54) is 12.8 Å². The molecule has 0 aromatic carbocycles. The molecule has 1 unspecified atom stereocenters. The zero-order chi connectivity index (χ0) is 14.5. The highest BCUT2D eigenvalue weighted by molar-refractivity contribution is 5.76. The van der Waals surface area contributed by atoms with Crippen molar-refractivity contribution in [2.45, 2.75) is 63.1 Å². The lowest BCUT2D eigenvalue weighted by Gasteiger charge is -2.33. The Morgan fingerprint density at radius 2 is 1.85 bits per heavy atom. The van der Waals surface area contributed by atoms with Crippen molar-refractivity contribution in [1.82, 2.24) is 10.2 Å². The summed E-state index contributed by atoms with van der Waals surface area (Å²) in [4.78, 5) is 14.4. The van der Waals surface area contributed by atoms with Crippen molar-refractivity contribution < 1.29 is 9.90 Å². The van der Waals surface area contributed by atoms with Gasteiger partial charge in [0.25, 0.3) is 0 Å². The van der Waals surface area contributed by atoms with Crippen LogP contribution in [0.3, 0.4) is 0 Å². The van der Waals surface area contributed by atoms with Crippen LogP contribution in [0.5, 0.6) is 0 Å². The minimum Gasteiger partial charge on any atom is -0.391 e. The second-order valence-electron chi connectivity index (χ2n) is 6.53. The SMILES string of the molecule is CN(C)C1CCC(CC(=O)NC2CC=CC[C@H]2O)CC1. The molecule has 0 spiro atoms. The van der Waals surface area contributed by atoms with Gasteiger partial charge in [-0.2, -0.15) is 0 Å². The summed E-state index contributed by atoms with van der Waals surface area (Å²) >= 11 is 0. The molecule has 20 heavy (non-hydrogen) atoms. The number of aliphatic hydroxyl groups excluding tert-OH is 1. The van der Waals surface area contributed by atoms with E-state index in [1.807, 2.05) is 12.2 Å². The summed E-state index contributed by atoms with van der Waals surface area (Å²) in [5.74, 6) is 0.625. The molecule has 114 valence electrons. The van der Waals surface area contributed by atoms with Gasteiger partial charge >= 0.3 is 0 Å². The van der Waals surface area contributed by atoms with Crippen molar-refractivity contribution in [2.24, 2.45) is 5.92 Å². The van der Waals surface area contributed by atoms with Crippen LogP contribution in [-0.2, 0) is 4.79 Å². The Kier molecular flexibility index (Phi) is 5.61. The molecule has 0 aliphatic heterocycles. The maximum absolute atomic E-state index is 12.1. The Morgan fingerprint density at radius 1 is 1.20 bits per heavy atom. The Hall–Kier alpha value is -0.870. The Labute approximate surface area is 122 Å². The van der Waals surface area contributed by atoms with Crippen molar-refractivity contribution in [3.05, 3.63) is 12.2 Å². The molecule has 4 nitrogen and oxygen atoms in total. The van der Waals surface area contributed by atoms with Crippen LogP contribution in [0.2, 0.25) is 0 Å². The molecule has 2 aliphatic carbocycles. The fraction of sp³-hybridized carbons (Fsp3) is 0.812. The van der Waals surface area contributed by atoms with Gasteiger partial charge in [0.05, 0.1) is 12.1 Å². The van der Waals surface area contributed by atoms with E-state index in [4.69, 9.17) is 0 Å². The molecule has 0 aromatic heterocycles. The van der Waals surface area contributed by atoms with Gasteiger partial charge in [-0.3, -0.25) is 4.79 Å². The number of nitrogens with one attached hydrogen (secondary N) is 1. The molecule has 0 radical (unpaired) electrons. The average molecular weight is 280 g/mol. The number of hydrogen-bond acceptors (Lipinski definition) is 3. The Balaban J connectivity index is 1.71. The van der Waals surface area contributed by atoms with E-state index < -0.39 is 6.10 Å². The van der Waals surface area contributed by atoms with Crippen LogP contribution in [0, 0.1) is 5.92 Å². The predicted octanol–water partition coefficient (Wildman–Crippen LogP) is 1.69. The molecule has 0 bridgehead atoms. The number of aliphatic hydroxyl groups is 1. The van der Waals surface area contributed by atoms with Crippen LogP contribution in [0.25, 0.3) is 0 Å². The van der Waals surface area contributed by atoms with Crippen molar-refractivity contribution in [1.29, 1.82) is 0 Å². The topological polar surface area (TPSA) is 52.6 Å². The van der Waals surface area contributed by atoms with Gasteiger partial charge in [-0.05, 0) is 58.5 Å². The largest absolute Gasteiger partial charge is 0.391 e. The molecule has 0 heterocycles. The summed E-state index contributed by atoms with van der Waals surface area (Å²) in [6.07, 6.45) is 10.3. The highest BCUT2D eigenvalue weighted by Gasteiger charge is 2.26. The molecule has 0 saturated heterocycles. The first-order valence-electron chi connectivity index (χ1n) is 7.85. The second kappa shape index (κ2) is 7.23. The molecule has 0 aromatic rings. The van der Waals surface area contributed by atoms with E-state index in [1.54, 1.807) is 0 Å². The van der Waals surface area contributed by atoms with E-state index in [-0.39, 0.29) is 11.9 Å². The number of hydrogen-bond donors (Lipinski definition) is 2. The van der Waals surface area contributed by atoms with Crippen LogP contribution >= 0.6 is 0 Å². The van der Waals surface area contributed by atoms with Gasteiger partial charge in [0.15, 0.2) is 0 Å². The van der Waals surface area contributed by atoms with E-state index in [0.29, 0.717) is 24.8 Å².